The summed E-state index contributed by atoms with van der Waals surface area (Å²) in [7, 11) is 0. The molecule has 0 saturated carbocycles. The predicted octanol–water partition coefficient (Wildman–Crippen LogP) is 4.99. The highest BCUT2D eigenvalue weighted by atomic mass is 35.5. The van der Waals surface area contributed by atoms with E-state index < -0.39 is 0 Å². The molecule has 1 nitrogen and oxygen atoms in total. The van der Waals surface area contributed by atoms with Gasteiger partial charge in [0.2, 0.25) is 0 Å². The van der Waals surface area contributed by atoms with Crippen LogP contribution in [0.4, 0.5) is 0 Å². The van der Waals surface area contributed by atoms with Gasteiger partial charge in [-0.1, -0.05) is 42.8 Å². The Morgan fingerprint density at radius 1 is 1.26 bits per heavy atom. The molecule has 0 saturated heterocycles. The molecule has 0 bridgehead atoms. The molecule has 102 valence electrons. The van der Waals surface area contributed by atoms with Gasteiger partial charge in [-0.25, -0.2) is 0 Å². The van der Waals surface area contributed by atoms with Crippen molar-refractivity contribution in [3.05, 3.63) is 56.7 Å². The highest BCUT2D eigenvalue weighted by molar-refractivity contribution is 7.09. The number of benzene rings is 1. The van der Waals surface area contributed by atoms with Gasteiger partial charge < -0.3 is 5.32 Å². The Balaban J connectivity index is 2.12. The van der Waals surface area contributed by atoms with Crippen LogP contribution in [0.5, 0.6) is 0 Å². The van der Waals surface area contributed by atoms with Crippen molar-refractivity contribution in [2.75, 3.05) is 6.54 Å². The van der Waals surface area contributed by atoms with Crippen LogP contribution in [0.15, 0.2) is 35.7 Å². The third-order valence-electron chi connectivity index (χ3n) is 3.31. The molecule has 19 heavy (non-hydrogen) atoms. The van der Waals surface area contributed by atoms with Gasteiger partial charge in [-0.3, -0.25) is 0 Å². The lowest BCUT2D eigenvalue weighted by atomic mass is 9.99. The number of halogens is 1. The second kappa shape index (κ2) is 7.09. The number of aryl methyl sites for hydroxylation is 2. The third-order valence-corrected chi connectivity index (χ3v) is 4.76. The summed E-state index contributed by atoms with van der Waals surface area (Å²) in [6, 6.07) is 10.9. The maximum absolute atomic E-state index is 6.45. The Kier molecular flexibility index (Phi) is 5.44. The molecule has 1 aromatic heterocycles. The molecule has 0 spiro atoms. The quantitative estimate of drug-likeness (QED) is 0.791. The van der Waals surface area contributed by atoms with Crippen molar-refractivity contribution < 1.29 is 0 Å². The number of thiophene rings is 1. The molecule has 0 amide bonds. The van der Waals surface area contributed by atoms with Crippen molar-refractivity contribution in [3.8, 4) is 0 Å². The monoisotopic (exact) mass is 293 g/mol. The van der Waals surface area contributed by atoms with E-state index in [0.717, 1.165) is 30.0 Å². The minimum absolute atomic E-state index is 0.333. The van der Waals surface area contributed by atoms with E-state index in [4.69, 9.17) is 11.6 Å². The van der Waals surface area contributed by atoms with Gasteiger partial charge in [0.05, 0.1) is 0 Å². The van der Waals surface area contributed by atoms with Crippen molar-refractivity contribution in [2.24, 2.45) is 0 Å². The molecule has 0 radical (unpaired) electrons. The summed E-state index contributed by atoms with van der Waals surface area (Å²) in [4.78, 5) is 1.44. The summed E-state index contributed by atoms with van der Waals surface area (Å²) in [5.41, 5.74) is 2.37. The van der Waals surface area contributed by atoms with Gasteiger partial charge in [-0.2, -0.15) is 0 Å². The minimum atomic E-state index is 0.333. The smallest absolute Gasteiger partial charge is 0.0482 e. The summed E-state index contributed by atoms with van der Waals surface area (Å²) >= 11 is 8.27. The van der Waals surface area contributed by atoms with E-state index >= 15 is 0 Å². The number of nitrogens with one attached hydrogen (secondary N) is 1. The summed E-state index contributed by atoms with van der Waals surface area (Å²) in [6.45, 7) is 5.16. The van der Waals surface area contributed by atoms with Gasteiger partial charge in [0.25, 0.3) is 0 Å². The van der Waals surface area contributed by atoms with Crippen LogP contribution in [0.2, 0.25) is 5.02 Å². The molecule has 1 aromatic carbocycles. The second-order valence-corrected chi connectivity index (χ2v) is 6.12. The van der Waals surface area contributed by atoms with Crippen LogP contribution in [0.1, 0.15) is 35.4 Å². The van der Waals surface area contributed by atoms with Gasteiger partial charge >= 0.3 is 0 Å². The molecule has 0 aliphatic heterocycles. The van der Waals surface area contributed by atoms with E-state index in [2.05, 4.69) is 54.9 Å². The lowest BCUT2D eigenvalue weighted by Gasteiger charge is -2.20. The number of rotatable bonds is 6. The van der Waals surface area contributed by atoms with E-state index in [9.17, 15) is 0 Å². The first-order chi connectivity index (χ1) is 9.22. The number of hydrogen-bond donors (Lipinski definition) is 1. The van der Waals surface area contributed by atoms with Crippen molar-refractivity contribution in [2.45, 2.75) is 32.7 Å². The average Bonchev–Trinajstić information content (AvgIpc) is 2.91. The molecule has 3 heteroatoms. The Morgan fingerprint density at radius 2 is 2.11 bits per heavy atom. The van der Waals surface area contributed by atoms with Gasteiger partial charge in [0.15, 0.2) is 0 Å². The van der Waals surface area contributed by atoms with Crippen LogP contribution in [-0.4, -0.2) is 6.54 Å². The first-order valence-corrected chi connectivity index (χ1v) is 7.99. The van der Waals surface area contributed by atoms with Crippen LogP contribution in [-0.2, 0) is 6.42 Å². The summed E-state index contributed by atoms with van der Waals surface area (Å²) < 4.78 is 0. The summed E-state index contributed by atoms with van der Waals surface area (Å²) in [5, 5.41) is 6.59. The molecule has 1 unspecified atom stereocenters. The fraction of sp³-hybridized carbons (Fsp3) is 0.375. The molecular formula is C16H20ClNS. The fourth-order valence-electron chi connectivity index (χ4n) is 2.29. The predicted molar refractivity (Wildman–Crippen MR) is 85.2 cm³/mol. The topological polar surface area (TPSA) is 12.0 Å². The third kappa shape index (κ3) is 3.82. The van der Waals surface area contributed by atoms with Crippen LogP contribution < -0.4 is 5.32 Å². The Labute approximate surface area is 124 Å². The van der Waals surface area contributed by atoms with Crippen LogP contribution in [0, 0.1) is 6.92 Å². The Morgan fingerprint density at radius 3 is 2.79 bits per heavy atom. The molecule has 0 fully saturated rings. The normalized spacial score (nSPS) is 12.6. The largest absolute Gasteiger partial charge is 0.310 e. The Bertz CT molecular complexity index is 507. The van der Waals surface area contributed by atoms with E-state index in [1.165, 1.54) is 10.4 Å². The van der Waals surface area contributed by atoms with Gasteiger partial charge in [0, 0.05) is 15.9 Å². The highest BCUT2D eigenvalue weighted by Crippen LogP contribution is 2.29. The maximum atomic E-state index is 6.45. The zero-order chi connectivity index (χ0) is 13.7. The summed E-state index contributed by atoms with van der Waals surface area (Å²) in [6.07, 6.45) is 2.18. The standard InChI is InChI=1S/C16H20ClNS/c1-3-18-15(10-9-13-7-5-11-19-13)14-8-4-6-12(2)16(14)17/h4-8,11,15,18H,3,9-10H2,1-2H3. The van der Waals surface area contributed by atoms with Crippen LogP contribution in [0.3, 0.4) is 0 Å². The van der Waals surface area contributed by atoms with Crippen molar-refractivity contribution in [3.63, 3.8) is 0 Å². The van der Waals surface area contributed by atoms with E-state index in [0.29, 0.717) is 6.04 Å². The molecular weight excluding hydrogens is 274 g/mol. The highest BCUT2D eigenvalue weighted by Gasteiger charge is 2.14. The molecule has 0 aliphatic rings. The summed E-state index contributed by atoms with van der Waals surface area (Å²) in [5.74, 6) is 0. The molecule has 2 aromatic rings. The van der Waals surface area contributed by atoms with Crippen LogP contribution in [0.25, 0.3) is 0 Å². The zero-order valence-corrected chi connectivity index (χ0v) is 13.0. The SMILES string of the molecule is CCNC(CCc1cccs1)c1cccc(C)c1Cl. The second-order valence-electron chi connectivity index (χ2n) is 4.71. The van der Waals surface area contributed by atoms with E-state index in [1.807, 2.05) is 11.3 Å². The van der Waals surface area contributed by atoms with Crippen LogP contribution >= 0.6 is 22.9 Å². The van der Waals surface area contributed by atoms with Gasteiger partial charge in [-0.15, -0.1) is 11.3 Å². The van der Waals surface area contributed by atoms with Crippen molar-refractivity contribution in [1.29, 1.82) is 0 Å². The first-order valence-electron chi connectivity index (χ1n) is 6.73. The van der Waals surface area contributed by atoms with E-state index in [1.54, 1.807) is 0 Å². The molecule has 1 atom stereocenters. The van der Waals surface area contributed by atoms with Gasteiger partial charge in [0.1, 0.15) is 0 Å². The fourth-order valence-corrected chi connectivity index (χ4v) is 3.28. The first kappa shape index (κ1) is 14.6. The average molecular weight is 294 g/mol. The van der Waals surface area contributed by atoms with E-state index in [-0.39, 0.29) is 0 Å². The molecule has 0 aliphatic carbocycles. The van der Waals surface area contributed by atoms with Crippen molar-refractivity contribution >= 4 is 22.9 Å². The number of hydrogen-bond acceptors (Lipinski definition) is 2. The zero-order valence-electron chi connectivity index (χ0n) is 11.4. The van der Waals surface area contributed by atoms with Gasteiger partial charge in [-0.05, 0) is 48.9 Å². The lowest BCUT2D eigenvalue weighted by Crippen LogP contribution is -2.22. The molecule has 1 heterocycles. The Hall–Kier alpha value is -0.830. The van der Waals surface area contributed by atoms with Crippen molar-refractivity contribution in [1.82, 2.24) is 5.32 Å². The minimum Gasteiger partial charge on any atom is -0.310 e. The lowest BCUT2D eigenvalue weighted by molar-refractivity contribution is 0.517. The molecule has 2 rings (SSSR count). The maximum Gasteiger partial charge on any atom is 0.0482 e. The molecule has 1 N–H and O–H groups in total.